The van der Waals surface area contributed by atoms with E-state index in [1.807, 2.05) is 32.0 Å². The van der Waals surface area contributed by atoms with Crippen LogP contribution in [0.15, 0.2) is 60.8 Å². The van der Waals surface area contributed by atoms with Crippen molar-refractivity contribution in [1.82, 2.24) is 9.88 Å². The Bertz CT molecular complexity index is 1890. The minimum atomic E-state index is -1.09. The number of pyridine rings is 1. The Morgan fingerprint density at radius 1 is 1.11 bits per heavy atom. The maximum Gasteiger partial charge on any atom is 0.411 e. The summed E-state index contributed by atoms with van der Waals surface area (Å²) in [6.07, 6.45) is 2.97. The van der Waals surface area contributed by atoms with E-state index in [9.17, 15) is 23.9 Å². The van der Waals surface area contributed by atoms with Gasteiger partial charge in [0.15, 0.2) is 0 Å². The van der Waals surface area contributed by atoms with E-state index >= 15 is 0 Å². The first-order chi connectivity index (χ1) is 22.5. The van der Waals surface area contributed by atoms with E-state index in [1.54, 1.807) is 48.3 Å². The molecule has 3 aromatic carbocycles. The SMILES string of the molecule is Cc1cc2ccc1[C@@H](C)COC(=O)Nc1ccc(C3(C(=O)O)CCCC3)c(c1)CN(C)C(=O)[C@@H]2Nc1ccc2c(N)ncc(F)c2c1. The van der Waals surface area contributed by atoms with Crippen LogP contribution in [0.2, 0.25) is 0 Å². The molecular weight excluding hydrogens is 601 g/mol. The van der Waals surface area contributed by atoms with Crippen LogP contribution in [0.5, 0.6) is 0 Å². The van der Waals surface area contributed by atoms with Gasteiger partial charge in [0.2, 0.25) is 5.91 Å². The van der Waals surface area contributed by atoms with Crippen molar-refractivity contribution in [3.05, 3.63) is 94.4 Å². The molecule has 0 saturated heterocycles. The van der Waals surface area contributed by atoms with Crippen LogP contribution in [0.25, 0.3) is 10.8 Å². The Balaban J connectivity index is 1.45. The second kappa shape index (κ2) is 12.5. The number of aliphatic carboxylic acids is 1. The largest absolute Gasteiger partial charge is 0.481 e. The number of nitrogen functional groups attached to an aromatic ring is 1. The fraction of sp³-hybridized carbons (Fsp3) is 0.333. The molecule has 2 amide bonds. The Labute approximate surface area is 272 Å². The molecule has 0 radical (unpaired) electrons. The van der Waals surface area contributed by atoms with Crippen molar-refractivity contribution in [2.75, 3.05) is 30.0 Å². The fourth-order valence-electron chi connectivity index (χ4n) is 7.05. The van der Waals surface area contributed by atoms with Gasteiger partial charge in [0.25, 0.3) is 0 Å². The molecule has 10 nitrogen and oxygen atoms in total. The van der Waals surface area contributed by atoms with Crippen molar-refractivity contribution in [3.63, 3.8) is 0 Å². The van der Waals surface area contributed by atoms with E-state index in [1.165, 1.54) is 0 Å². The first-order valence-electron chi connectivity index (χ1n) is 15.7. The fourth-order valence-corrected chi connectivity index (χ4v) is 7.05. The van der Waals surface area contributed by atoms with E-state index in [0.29, 0.717) is 46.3 Å². The van der Waals surface area contributed by atoms with Crippen molar-refractivity contribution in [2.45, 2.75) is 63.5 Å². The van der Waals surface area contributed by atoms with E-state index in [0.717, 1.165) is 30.2 Å². The van der Waals surface area contributed by atoms with E-state index in [4.69, 9.17) is 10.5 Å². The number of benzene rings is 3. The monoisotopic (exact) mass is 639 g/mol. The molecular formula is C36H38FN5O5. The quantitative estimate of drug-likeness (QED) is 0.194. The number of amides is 2. The summed E-state index contributed by atoms with van der Waals surface area (Å²) < 4.78 is 20.4. The average molecular weight is 640 g/mol. The third-order valence-electron chi connectivity index (χ3n) is 9.57. The van der Waals surface area contributed by atoms with Gasteiger partial charge in [0.05, 0.1) is 18.2 Å². The summed E-state index contributed by atoms with van der Waals surface area (Å²) in [6.45, 7) is 4.10. The second-order valence-electron chi connectivity index (χ2n) is 12.7. The molecule has 244 valence electrons. The smallest absolute Gasteiger partial charge is 0.411 e. The number of carbonyl (C=O) groups is 3. The predicted molar refractivity (Wildman–Crippen MR) is 178 cm³/mol. The molecule has 4 bridgehead atoms. The number of hydrogen-bond acceptors (Lipinski definition) is 7. The zero-order valence-corrected chi connectivity index (χ0v) is 26.6. The summed E-state index contributed by atoms with van der Waals surface area (Å²) in [5.41, 5.74) is 9.63. The highest BCUT2D eigenvalue weighted by atomic mass is 19.1. The molecule has 11 heteroatoms. The van der Waals surface area contributed by atoms with Crippen LogP contribution in [0.3, 0.4) is 0 Å². The second-order valence-corrected chi connectivity index (χ2v) is 12.7. The molecule has 0 unspecified atom stereocenters. The molecule has 1 aromatic heterocycles. The third kappa shape index (κ3) is 6.05. The van der Waals surface area contributed by atoms with Gasteiger partial charge in [0.1, 0.15) is 17.7 Å². The third-order valence-corrected chi connectivity index (χ3v) is 9.57. The maximum absolute atomic E-state index is 14.8. The number of halogens is 1. The Hall–Kier alpha value is -5.19. The highest BCUT2D eigenvalue weighted by Gasteiger charge is 2.44. The molecule has 47 heavy (non-hydrogen) atoms. The van der Waals surface area contributed by atoms with Crippen LogP contribution in [0, 0.1) is 12.7 Å². The van der Waals surface area contributed by atoms with Gasteiger partial charge in [-0.15, -0.1) is 0 Å². The number of hydrogen-bond donors (Lipinski definition) is 4. The number of nitrogens with zero attached hydrogens (tertiary/aromatic N) is 2. The number of aromatic nitrogens is 1. The lowest BCUT2D eigenvalue weighted by Crippen LogP contribution is -2.37. The zero-order valence-electron chi connectivity index (χ0n) is 26.6. The zero-order chi connectivity index (χ0) is 33.5. The number of carboxylic acids is 1. The summed E-state index contributed by atoms with van der Waals surface area (Å²) in [4.78, 5) is 45.4. The topological polar surface area (TPSA) is 147 Å². The lowest BCUT2D eigenvalue weighted by molar-refractivity contribution is -0.143. The average Bonchev–Trinajstić information content (AvgIpc) is 3.55. The van der Waals surface area contributed by atoms with Crippen LogP contribution in [-0.4, -0.2) is 46.6 Å². The molecule has 3 heterocycles. The van der Waals surface area contributed by atoms with Crippen LogP contribution in [-0.2, 0) is 26.3 Å². The molecule has 7 rings (SSSR count). The van der Waals surface area contributed by atoms with Crippen LogP contribution in [0.1, 0.15) is 72.4 Å². The lowest BCUT2D eigenvalue weighted by Gasteiger charge is -2.31. The minimum absolute atomic E-state index is 0.0780. The van der Waals surface area contributed by atoms with Crippen LogP contribution >= 0.6 is 0 Å². The Morgan fingerprint density at radius 3 is 2.60 bits per heavy atom. The number of aryl methyl sites for hydroxylation is 1. The Kier molecular flexibility index (Phi) is 8.48. The summed E-state index contributed by atoms with van der Waals surface area (Å²) in [7, 11) is 1.66. The van der Waals surface area contributed by atoms with Crippen molar-refractivity contribution in [3.8, 4) is 0 Å². The first kappa shape index (κ1) is 31.8. The number of likely N-dealkylation sites (N-methyl/N-ethyl adjacent to an activating group) is 1. The molecule has 0 spiro atoms. The van der Waals surface area contributed by atoms with Crippen molar-refractivity contribution in [1.29, 1.82) is 0 Å². The van der Waals surface area contributed by atoms with E-state index in [-0.39, 0.29) is 36.2 Å². The molecule has 2 aliphatic heterocycles. The lowest BCUT2D eigenvalue weighted by atomic mass is 9.76. The number of ether oxygens (including phenoxy) is 1. The van der Waals surface area contributed by atoms with Gasteiger partial charge in [-0.05, 0) is 77.9 Å². The minimum Gasteiger partial charge on any atom is -0.481 e. The van der Waals surface area contributed by atoms with Crippen molar-refractivity contribution < 1.29 is 28.6 Å². The van der Waals surface area contributed by atoms with Gasteiger partial charge in [-0.3, -0.25) is 14.9 Å². The van der Waals surface area contributed by atoms with Crippen molar-refractivity contribution >= 4 is 45.9 Å². The number of carboxylic acid groups (broad SMARTS) is 1. The number of nitrogens with two attached hydrogens (primary N) is 1. The normalized spacial score (nSPS) is 19.8. The van der Waals surface area contributed by atoms with Gasteiger partial charge in [-0.25, -0.2) is 14.2 Å². The molecule has 1 aliphatic carbocycles. The molecule has 4 aromatic rings. The van der Waals surface area contributed by atoms with Crippen molar-refractivity contribution in [2.24, 2.45) is 0 Å². The summed E-state index contributed by atoms with van der Waals surface area (Å²) >= 11 is 0. The summed E-state index contributed by atoms with van der Waals surface area (Å²) in [6, 6.07) is 15.0. The number of fused-ring (bicyclic) bond motifs is 10. The first-order valence-corrected chi connectivity index (χ1v) is 15.7. The molecule has 1 fully saturated rings. The molecule has 1 saturated carbocycles. The summed E-state index contributed by atoms with van der Waals surface area (Å²) in [5, 5.41) is 17.3. The molecule has 3 aliphatic rings. The highest BCUT2D eigenvalue weighted by molar-refractivity contribution is 5.94. The van der Waals surface area contributed by atoms with Crippen LogP contribution < -0.4 is 16.4 Å². The Morgan fingerprint density at radius 2 is 1.87 bits per heavy atom. The molecule has 2 atom stereocenters. The van der Waals surface area contributed by atoms with Gasteiger partial charge >= 0.3 is 12.1 Å². The summed E-state index contributed by atoms with van der Waals surface area (Å²) in [5.74, 6) is -1.66. The van der Waals surface area contributed by atoms with E-state index in [2.05, 4.69) is 15.6 Å². The van der Waals surface area contributed by atoms with Crippen LogP contribution in [0.4, 0.5) is 26.4 Å². The predicted octanol–water partition coefficient (Wildman–Crippen LogP) is 6.64. The van der Waals surface area contributed by atoms with Gasteiger partial charge in [0, 0.05) is 41.7 Å². The van der Waals surface area contributed by atoms with E-state index < -0.39 is 29.3 Å². The number of carbonyl (C=O) groups excluding carboxylic acids is 2. The number of anilines is 3. The standard InChI is InChI=1S/C36H38FN5O5/c1-20-14-22-6-9-26(20)21(2)19-47-35(46)41-24-8-11-29(36(34(44)45)12-4-5-13-36)23(15-24)18-42(3)33(43)31(22)40-25-7-10-27-28(16-25)30(37)17-39-32(27)38/h6-11,14-17,21,31,40H,4-5,12-13,18-19H2,1-3H3,(H2,38,39)(H,41,46)(H,44,45)/t21-,31+/m0/s1. The van der Waals surface area contributed by atoms with Gasteiger partial charge in [-0.1, -0.05) is 44.0 Å². The number of rotatable bonds is 4. The van der Waals surface area contributed by atoms with Gasteiger partial charge in [-0.2, -0.15) is 0 Å². The highest BCUT2D eigenvalue weighted by Crippen LogP contribution is 2.44. The molecule has 5 N–H and O–H groups in total. The maximum atomic E-state index is 14.8. The number of nitrogens with one attached hydrogen (secondary N) is 2. The van der Waals surface area contributed by atoms with Gasteiger partial charge < -0.3 is 25.8 Å².